The molecule has 2 aromatic rings. The van der Waals surface area contributed by atoms with Crippen molar-refractivity contribution in [1.29, 1.82) is 0 Å². The van der Waals surface area contributed by atoms with Crippen molar-refractivity contribution in [3.05, 3.63) is 48.0 Å². The largest absolute Gasteiger partial charge is 0.461 e. The van der Waals surface area contributed by atoms with E-state index in [9.17, 15) is 9.18 Å². The van der Waals surface area contributed by atoms with E-state index in [4.69, 9.17) is 4.42 Å². The quantitative estimate of drug-likeness (QED) is 0.820. The van der Waals surface area contributed by atoms with E-state index in [0.29, 0.717) is 35.8 Å². The lowest BCUT2D eigenvalue weighted by Gasteiger charge is -2.09. The average molecular weight is 330 g/mol. The molecule has 128 valence electrons. The zero-order valence-corrected chi connectivity index (χ0v) is 13.7. The van der Waals surface area contributed by atoms with E-state index < -0.39 is 0 Å². The Kier molecular flexibility index (Phi) is 5.64. The minimum Gasteiger partial charge on any atom is -0.461 e. The number of carbonyl (C=O) groups excluding carboxylic acids is 1. The monoisotopic (exact) mass is 330 g/mol. The van der Waals surface area contributed by atoms with E-state index in [0.717, 1.165) is 26.1 Å². The Balaban J connectivity index is 1.43. The summed E-state index contributed by atoms with van der Waals surface area (Å²) in [7, 11) is 0. The molecule has 4 nitrogen and oxygen atoms in total. The van der Waals surface area contributed by atoms with Crippen molar-refractivity contribution in [2.24, 2.45) is 5.92 Å². The van der Waals surface area contributed by atoms with Gasteiger partial charge in [-0.2, -0.15) is 0 Å². The number of hydrogen-bond donors (Lipinski definition) is 2. The lowest BCUT2D eigenvalue weighted by atomic mass is 10.1. The van der Waals surface area contributed by atoms with Crippen molar-refractivity contribution in [2.45, 2.75) is 25.7 Å². The molecule has 2 N–H and O–H groups in total. The number of furan rings is 1. The van der Waals surface area contributed by atoms with Gasteiger partial charge in [0, 0.05) is 19.4 Å². The van der Waals surface area contributed by atoms with Crippen LogP contribution >= 0.6 is 0 Å². The van der Waals surface area contributed by atoms with Crippen LogP contribution in [0.1, 0.15) is 25.0 Å². The van der Waals surface area contributed by atoms with E-state index >= 15 is 0 Å². The molecule has 1 aliphatic rings. The van der Waals surface area contributed by atoms with Crippen molar-refractivity contribution < 1.29 is 13.6 Å². The summed E-state index contributed by atoms with van der Waals surface area (Å²) in [6.45, 7) is 2.87. The Labute approximate surface area is 141 Å². The van der Waals surface area contributed by atoms with Crippen LogP contribution in [0.2, 0.25) is 0 Å². The molecular weight excluding hydrogens is 307 g/mol. The van der Waals surface area contributed by atoms with Crippen molar-refractivity contribution >= 4 is 5.91 Å². The number of halogens is 1. The van der Waals surface area contributed by atoms with E-state index in [1.165, 1.54) is 12.5 Å². The smallest absolute Gasteiger partial charge is 0.220 e. The highest BCUT2D eigenvalue weighted by Crippen LogP contribution is 2.25. The van der Waals surface area contributed by atoms with Gasteiger partial charge in [-0.25, -0.2) is 4.39 Å². The summed E-state index contributed by atoms with van der Waals surface area (Å²) in [6, 6.07) is 10.1. The summed E-state index contributed by atoms with van der Waals surface area (Å²) in [5, 5.41) is 6.28. The molecule has 1 aromatic carbocycles. The van der Waals surface area contributed by atoms with E-state index in [1.54, 1.807) is 30.3 Å². The molecule has 0 saturated carbocycles. The van der Waals surface area contributed by atoms with Gasteiger partial charge in [-0.15, -0.1) is 0 Å². The second-order valence-corrected chi connectivity index (χ2v) is 6.24. The molecule has 1 unspecified atom stereocenters. The molecule has 24 heavy (non-hydrogen) atoms. The van der Waals surface area contributed by atoms with Crippen LogP contribution in [0.3, 0.4) is 0 Å². The third kappa shape index (κ3) is 4.45. The number of carbonyl (C=O) groups is 1. The van der Waals surface area contributed by atoms with Crippen LogP contribution in [0.4, 0.5) is 4.39 Å². The minimum absolute atomic E-state index is 0.0322. The topological polar surface area (TPSA) is 54.3 Å². The molecule has 0 aliphatic carbocycles. The van der Waals surface area contributed by atoms with Crippen molar-refractivity contribution in [1.82, 2.24) is 10.6 Å². The number of rotatable bonds is 7. The van der Waals surface area contributed by atoms with Gasteiger partial charge in [0.15, 0.2) is 0 Å². The van der Waals surface area contributed by atoms with E-state index in [-0.39, 0.29) is 11.7 Å². The maximum atomic E-state index is 13.7. The fourth-order valence-electron chi connectivity index (χ4n) is 3.02. The van der Waals surface area contributed by atoms with Crippen LogP contribution in [0.25, 0.3) is 11.3 Å². The Morgan fingerprint density at radius 2 is 2.17 bits per heavy atom. The summed E-state index contributed by atoms with van der Waals surface area (Å²) in [4.78, 5) is 11.9. The molecule has 1 amide bonds. The first-order chi connectivity index (χ1) is 11.7. The third-order valence-corrected chi connectivity index (χ3v) is 4.44. The first kappa shape index (κ1) is 16.7. The second kappa shape index (κ2) is 8.11. The van der Waals surface area contributed by atoms with Gasteiger partial charge in [-0.1, -0.05) is 12.1 Å². The van der Waals surface area contributed by atoms with Crippen LogP contribution in [0.15, 0.2) is 40.8 Å². The molecule has 1 aliphatic heterocycles. The summed E-state index contributed by atoms with van der Waals surface area (Å²) in [5.41, 5.74) is 0.443. The Morgan fingerprint density at radius 3 is 2.96 bits per heavy atom. The number of amides is 1. The van der Waals surface area contributed by atoms with Crippen LogP contribution in [-0.2, 0) is 11.2 Å². The summed E-state index contributed by atoms with van der Waals surface area (Å²) in [6.07, 6.45) is 3.12. The molecule has 1 fully saturated rings. The van der Waals surface area contributed by atoms with Crippen LogP contribution in [-0.4, -0.2) is 25.5 Å². The molecule has 3 rings (SSSR count). The SMILES string of the molecule is O=C(CCc1ccc(-c2ccccc2F)o1)NCCC1CCNC1. The van der Waals surface area contributed by atoms with Gasteiger partial charge in [0.25, 0.3) is 0 Å². The molecule has 1 atom stereocenters. The molecule has 0 radical (unpaired) electrons. The van der Waals surface area contributed by atoms with E-state index in [2.05, 4.69) is 10.6 Å². The van der Waals surface area contributed by atoms with Gasteiger partial charge in [-0.3, -0.25) is 4.79 Å². The van der Waals surface area contributed by atoms with Gasteiger partial charge in [0.1, 0.15) is 17.3 Å². The van der Waals surface area contributed by atoms with Crippen LogP contribution < -0.4 is 10.6 Å². The normalized spacial score (nSPS) is 17.1. The first-order valence-electron chi connectivity index (χ1n) is 8.53. The number of nitrogens with one attached hydrogen (secondary N) is 2. The average Bonchev–Trinajstić information content (AvgIpc) is 3.25. The van der Waals surface area contributed by atoms with Crippen LogP contribution in [0, 0.1) is 11.7 Å². The highest BCUT2D eigenvalue weighted by molar-refractivity contribution is 5.76. The zero-order valence-electron chi connectivity index (χ0n) is 13.7. The molecule has 0 spiro atoms. The lowest BCUT2D eigenvalue weighted by Crippen LogP contribution is -2.26. The highest BCUT2D eigenvalue weighted by atomic mass is 19.1. The van der Waals surface area contributed by atoms with Gasteiger partial charge in [-0.05, 0) is 56.1 Å². The fraction of sp³-hybridized carbons (Fsp3) is 0.421. The number of benzene rings is 1. The number of hydrogen-bond acceptors (Lipinski definition) is 3. The molecule has 0 bridgehead atoms. The third-order valence-electron chi connectivity index (χ3n) is 4.44. The molecule has 1 aromatic heterocycles. The number of aryl methyl sites for hydroxylation is 1. The highest BCUT2D eigenvalue weighted by Gasteiger charge is 2.14. The van der Waals surface area contributed by atoms with Gasteiger partial charge in [0.05, 0.1) is 5.56 Å². The Morgan fingerprint density at radius 1 is 1.29 bits per heavy atom. The summed E-state index contributed by atoms with van der Waals surface area (Å²) < 4.78 is 19.4. The molecular formula is C19H23FN2O2. The maximum Gasteiger partial charge on any atom is 0.220 e. The van der Waals surface area contributed by atoms with Crippen LogP contribution in [0.5, 0.6) is 0 Å². The molecule has 5 heteroatoms. The zero-order chi connectivity index (χ0) is 16.8. The molecule has 2 heterocycles. The van der Waals surface area contributed by atoms with Crippen molar-refractivity contribution in [2.75, 3.05) is 19.6 Å². The predicted octanol–water partition coefficient (Wildman–Crippen LogP) is 3.13. The van der Waals surface area contributed by atoms with E-state index in [1.807, 2.05) is 0 Å². The van der Waals surface area contributed by atoms with Crippen molar-refractivity contribution in [3.8, 4) is 11.3 Å². The lowest BCUT2D eigenvalue weighted by molar-refractivity contribution is -0.121. The Hall–Kier alpha value is -2.14. The van der Waals surface area contributed by atoms with Gasteiger partial charge >= 0.3 is 0 Å². The Bertz CT molecular complexity index is 678. The summed E-state index contributed by atoms with van der Waals surface area (Å²) in [5.74, 6) is 1.60. The van der Waals surface area contributed by atoms with Gasteiger partial charge < -0.3 is 15.1 Å². The van der Waals surface area contributed by atoms with Gasteiger partial charge in [0.2, 0.25) is 5.91 Å². The predicted molar refractivity (Wildman–Crippen MR) is 91.0 cm³/mol. The minimum atomic E-state index is -0.308. The first-order valence-corrected chi connectivity index (χ1v) is 8.53. The molecule has 1 saturated heterocycles. The standard InChI is InChI=1S/C19H23FN2O2/c20-17-4-2-1-3-16(17)18-7-5-15(24-18)6-8-19(23)22-12-10-14-9-11-21-13-14/h1-5,7,14,21H,6,8-13H2,(H,22,23). The summed E-state index contributed by atoms with van der Waals surface area (Å²) >= 11 is 0. The second-order valence-electron chi connectivity index (χ2n) is 6.24. The maximum absolute atomic E-state index is 13.7. The fourth-order valence-corrected chi connectivity index (χ4v) is 3.02. The van der Waals surface area contributed by atoms with Crippen molar-refractivity contribution in [3.63, 3.8) is 0 Å².